The Hall–Kier alpha value is 0.210. The van der Waals surface area contributed by atoms with Crippen LogP contribution >= 0.6 is 23.3 Å². The summed E-state index contributed by atoms with van der Waals surface area (Å²) in [6, 6.07) is 3.22. The Morgan fingerprint density at radius 3 is 2.33 bits per heavy atom. The molecule has 0 aliphatic rings. The Bertz CT molecular complexity index is 490. The standard InChI is InChI=1S/C6H4ClNO4S2.Na.H/c7-14(11,12)4-1-2-6(13)5(3-4)8(9)10;;/h1-3,13H;;. The van der Waals surface area contributed by atoms with Crippen molar-refractivity contribution in [2.45, 2.75) is 9.79 Å². The molecule has 1 aromatic carbocycles. The van der Waals surface area contributed by atoms with Crippen LogP contribution in [0.15, 0.2) is 28.0 Å². The Morgan fingerprint density at radius 1 is 1.40 bits per heavy atom. The van der Waals surface area contributed by atoms with Crippen LogP contribution in [-0.4, -0.2) is 42.9 Å². The van der Waals surface area contributed by atoms with E-state index < -0.39 is 19.7 Å². The van der Waals surface area contributed by atoms with Gasteiger partial charge in [0.15, 0.2) is 0 Å². The van der Waals surface area contributed by atoms with Crippen LogP contribution < -0.4 is 0 Å². The molecule has 0 N–H and O–H groups in total. The molecule has 0 aliphatic carbocycles. The molecule has 0 heterocycles. The Morgan fingerprint density at radius 2 is 1.93 bits per heavy atom. The first kappa shape index (κ1) is 15.2. The quantitative estimate of drug-likeness (QED) is 0.289. The van der Waals surface area contributed by atoms with Crippen molar-refractivity contribution in [3.63, 3.8) is 0 Å². The molecule has 0 amide bonds. The predicted molar refractivity (Wildman–Crippen MR) is 60.5 cm³/mol. The van der Waals surface area contributed by atoms with E-state index in [2.05, 4.69) is 12.6 Å². The maximum absolute atomic E-state index is 10.8. The van der Waals surface area contributed by atoms with Crippen LogP contribution in [0.3, 0.4) is 0 Å². The summed E-state index contributed by atoms with van der Waals surface area (Å²) in [4.78, 5) is 9.46. The van der Waals surface area contributed by atoms with Gasteiger partial charge >= 0.3 is 29.6 Å². The van der Waals surface area contributed by atoms with E-state index in [0.717, 1.165) is 12.1 Å². The predicted octanol–water partition coefficient (Wildman–Crippen LogP) is 1.16. The fourth-order valence-corrected chi connectivity index (χ4v) is 1.79. The summed E-state index contributed by atoms with van der Waals surface area (Å²) in [5.74, 6) is 0. The molecule has 15 heavy (non-hydrogen) atoms. The van der Waals surface area contributed by atoms with Crippen LogP contribution in [0.25, 0.3) is 0 Å². The summed E-state index contributed by atoms with van der Waals surface area (Å²) in [5.41, 5.74) is -0.393. The van der Waals surface area contributed by atoms with Gasteiger partial charge in [0, 0.05) is 16.7 Å². The molecule has 5 nitrogen and oxygen atoms in total. The van der Waals surface area contributed by atoms with Crippen molar-refractivity contribution < 1.29 is 13.3 Å². The van der Waals surface area contributed by atoms with E-state index in [4.69, 9.17) is 10.7 Å². The van der Waals surface area contributed by atoms with Gasteiger partial charge in [-0.25, -0.2) is 8.42 Å². The number of hydrogen-bond donors (Lipinski definition) is 1. The molecular weight excluding hydrogens is 273 g/mol. The number of nitrogens with zero attached hydrogens (tertiary/aromatic N) is 1. The van der Waals surface area contributed by atoms with Crippen LogP contribution in [0.1, 0.15) is 0 Å². The molecule has 0 unspecified atom stereocenters. The fourth-order valence-electron chi connectivity index (χ4n) is 0.801. The average molecular weight is 278 g/mol. The van der Waals surface area contributed by atoms with Gasteiger partial charge in [-0.2, -0.15) is 0 Å². The molecule has 0 bridgehead atoms. The van der Waals surface area contributed by atoms with Crippen LogP contribution in [0.5, 0.6) is 0 Å². The van der Waals surface area contributed by atoms with E-state index in [1.54, 1.807) is 0 Å². The summed E-state index contributed by atoms with van der Waals surface area (Å²) >= 11 is 3.80. The van der Waals surface area contributed by atoms with Crippen LogP contribution in [0.2, 0.25) is 0 Å². The Labute approximate surface area is 118 Å². The third-order valence-electron chi connectivity index (χ3n) is 1.43. The number of benzene rings is 1. The van der Waals surface area contributed by atoms with Crippen molar-refractivity contribution in [2.24, 2.45) is 0 Å². The normalized spacial score (nSPS) is 10.5. The van der Waals surface area contributed by atoms with Crippen molar-refractivity contribution in [1.29, 1.82) is 0 Å². The SMILES string of the molecule is O=[N+]([O-])c1cc(S(=O)(=O)Cl)ccc1S.[NaH]. The number of halogens is 1. The van der Waals surface area contributed by atoms with Gasteiger partial charge in [-0.05, 0) is 12.1 Å². The molecule has 1 rings (SSSR count). The molecule has 9 heteroatoms. The van der Waals surface area contributed by atoms with E-state index in [0.29, 0.717) is 0 Å². The molecule has 0 fully saturated rings. The van der Waals surface area contributed by atoms with Crippen molar-refractivity contribution in [2.75, 3.05) is 0 Å². The molecule has 0 saturated heterocycles. The van der Waals surface area contributed by atoms with Crippen LogP contribution in [0, 0.1) is 10.1 Å². The molecule has 1 aromatic rings. The number of hydrogen-bond acceptors (Lipinski definition) is 5. The van der Waals surface area contributed by atoms with Gasteiger partial charge in [0.2, 0.25) is 0 Å². The van der Waals surface area contributed by atoms with E-state index in [1.807, 2.05) is 0 Å². The van der Waals surface area contributed by atoms with Crippen LogP contribution in [-0.2, 0) is 9.05 Å². The second kappa shape index (κ2) is 5.51. The second-order valence-electron chi connectivity index (χ2n) is 2.35. The third kappa shape index (κ3) is 3.93. The zero-order valence-corrected chi connectivity index (χ0v) is 9.01. The van der Waals surface area contributed by atoms with Crippen molar-refractivity contribution in [3.05, 3.63) is 28.3 Å². The molecule has 0 saturated carbocycles. The Kier molecular flexibility index (Phi) is 5.59. The van der Waals surface area contributed by atoms with Gasteiger partial charge in [0.05, 0.1) is 14.7 Å². The van der Waals surface area contributed by atoms with Gasteiger partial charge < -0.3 is 0 Å². The zero-order chi connectivity index (χ0) is 10.9. The summed E-state index contributed by atoms with van der Waals surface area (Å²) < 4.78 is 21.7. The summed E-state index contributed by atoms with van der Waals surface area (Å²) in [5, 5.41) is 10.4. The molecule has 0 aliphatic heterocycles. The first-order chi connectivity index (χ1) is 6.32. The minimum absolute atomic E-state index is 0. The van der Waals surface area contributed by atoms with E-state index >= 15 is 0 Å². The van der Waals surface area contributed by atoms with Gasteiger partial charge in [0.1, 0.15) is 0 Å². The first-order valence-corrected chi connectivity index (χ1v) is 6.00. The number of rotatable bonds is 2. The number of thiol groups is 1. The van der Waals surface area contributed by atoms with Crippen LogP contribution in [0.4, 0.5) is 5.69 Å². The summed E-state index contributed by atoms with van der Waals surface area (Å²) in [6.07, 6.45) is 0. The molecule has 0 atom stereocenters. The molecule has 0 spiro atoms. The van der Waals surface area contributed by atoms with Gasteiger partial charge in [0.25, 0.3) is 14.7 Å². The van der Waals surface area contributed by atoms with Crippen molar-refractivity contribution in [3.8, 4) is 0 Å². The summed E-state index contributed by atoms with van der Waals surface area (Å²) in [6.45, 7) is 0. The van der Waals surface area contributed by atoms with Crippen molar-refractivity contribution >= 4 is 67.6 Å². The van der Waals surface area contributed by atoms with E-state index in [9.17, 15) is 18.5 Å². The average Bonchev–Trinajstić information content (AvgIpc) is 2.02. The Balaban J connectivity index is 0.00000196. The number of nitro groups is 1. The second-order valence-corrected chi connectivity index (χ2v) is 5.39. The fraction of sp³-hybridized carbons (Fsp3) is 0. The zero-order valence-electron chi connectivity index (χ0n) is 6.55. The van der Waals surface area contributed by atoms with E-state index in [1.165, 1.54) is 6.07 Å². The molecule has 78 valence electrons. The monoisotopic (exact) mass is 277 g/mol. The van der Waals surface area contributed by atoms with Crippen molar-refractivity contribution in [1.82, 2.24) is 0 Å². The topological polar surface area (TPSA) is 77.3 Å². The molecule has 0 aromatic heterocycles. The van der Waals surface area contributed by atoms with Gasteiger partial charge in [-0.15, -0.1) is 12.6 Å². The first-order valence-electron chi connectivity index (χ1n) is 3.24. The van der Waals surface area contributed by atoms with Gasteiger partial charge in [-0.1, -0.05) is 0 Å². The minimum atomic E-state index is -3.94. The van der Waals surface area contributed by atoms with E-state index in [-0.39, 0.29) is 39.3 Å². The summed E-state index contributed by atoms with van der Waals surface area (Å²) in [7, 11) is 1.07. The molecular formula is C6H5ClNNaO4S2. The maximum atomic E-state index is 10.8. The number of nitro benzene ring substituents is 1. The molecule has 0 radical (unpaired) electrons. The third-order valence-corrected chi connectivity index (χ3v) is 3.15. The van der Waals surface area contributed by atoms with Gasteiger partial charge in [-0.3, -0.25) is 10.1 Å².